The Morgan fingerprint density at radius 1 is 1.00 bits per heavy atom. The number of halogens is 2. The first-order chi connectivity index (χ1) is 10.2. The van der Waals surface area contributed by atoms with Crippen LogP contribution in [-0.2, 0) is 13.0 Å². The molecule has 21 heavy (non-hydrogen) atoms. The molecule has 0 amide bonds. The van der Waals surface area contributed by atoms with E-state index in [-0.39, 0.29) is 11.6 Å². The Morgan fingerprint density at radius 2 is 1.86 bits per heavy atom. The van der Waals surface area contributed by atoms with Crippen LogP contribution < -0.4 is 0 Å². The SMILES string of the molecule is Fc1cncc(Cc2ccn(Cc3ccccc3F)c2)c1. The quantitative estimate of drug-likeness (QED) is 0.712. The van der Waals surface area contributed by atoms with Gasteiger partial charge in [0.2, 0.25) is 0 Å². The molecule has 0 aliphatic rings. The van der Waals surface area contributed by atoms with Crippen LogP contribution in [-0.4, -0.2) is 9.55 Å². The normalized spacial score (nSPS) is 10.8. The number of rotatable bonds is 4. The predicted octanol–water partition coefficient (Wildman–Crippen LogP) is 3.80. The lowest BCUT2D eigenvalue weighted by atomic mass is 10.1. The minimum atomic E-state index is -0.335. The van der Waals surface area contributed by atoms with Crippen molar-refractivity contribution in [2.45, 2.75) is 13.0 Å². The van der Waals surface area contributed by atoms with Gasteiger partial charge in [-0.05, 0) is 29.3 Å². The fraction of sp³-hybridized carbons (Fsp3) is 0.118. The first-order valence-electron chi connectivity index (χ1n) is 6.68. The van der Waals surface area contributed by atoms with Crippen molar-refractivity contribution in [3.63, 3.8) is 0 Å². The average Bonchev–Trinajstić information content (AvgIpc) is 2.89. The van der Waals surface area contributed by atoms with E-state index in [0.717, 1.165) is 11.1 Å². The molecule has 0 saturated heterocycles. The van der Waals surface area contributed by atoms with Crippen LogP contribution in [0.4, 0.5) is 8.78 Å². The minimum Gasteiger partial charge on any atom is -0.350 e. The molecule has 0 aliphatic carbocycles. The largest absolute Gasteiger partial charge is 0.350 e. The third-order valence-corrected chi connectivity index (χ3v) is 3.29. The van der Waals surface area contributed by atoms with Gasteiger partial charge in [-0.2, -0.15) is 0 Å². The average molecular weight is 284 g/mol. The van der Waals surface area contributed by atoms with Gasteiger partial charge in [0.1, 0.15) is 11.6 Å². The summed E-state index contributed by atoms with van der Waals surface area (Å²) in [5.74, 6) is -0.541. The van der Waals surface area contributed by atoms with Crippen molar-refractivity contribution in [1.82, 2.24) is 9.55 Å². The van der Waals surface area contributed by atoms with E-state index >= 15 is 0 Å². The van der Waals surface area contributed by atoms with Gasteiger partial charge in [0.05, 0.1) is 6.20 Å². The highest BCUT2D eigenvalue weighted by Crippen LogP contribution is 2.13. The summed E-state index contributed by atoms with van der Waals surface area (Å²) in [5.41, 5.74) is 2.50. The Hall–Kier alpha value is -2.49. The van der Waals surface area contributed by atoms with E-state index in [0.29, 0.717) is 18.5 Å². The van der Waals surface area contributed by atoms with Crippen LogP contribution >= 0.6 is 0 Å². The maximum absolute atomic E-state index is 13.6. The summed E-state index contributed by atoms with van der Waals surface area (Å²) < 4.78 is 28.6. The first kappa shape index (κ1) is 13.5. The van der Waals surface area contributed by atoms with Crippen molar-refractivity contribution in [1.29, 1.82) is 0 Å². The molecule has 2 aromatic heterocycles. The molecule has 0 unspecified atom stereocenters. The Balaban J connectivity index is 1.73. The summed E-state index contributed by atoms with van der Waals surface area (Å²) in [6.07, 6.45) is 7.28. The van der Waals surface area contributed by atoms with Crippen molar-refractivity contribution in [3.8, 4) is 0 Å². The second-order valence-corrected chi connectivity index (χ2v) is 4.97. The van der Waals surface area contributed by atoms with E-state index in [4.69, 9.17) is 0 Å². The molecule has 0 bridgehead atoms. The molecule has 106 valence electrons. The fourth-order valence-corrected chi connectivity index (χ4v) is 2.31. The molecule has 2 heterocycles. The summed E-state index contributed by atoms with van der Waals surface area (Å²) in [5, 5.41) is 0. The van der Waals surface area contributed by atoms with Gasteiger partial charge in [0, 0.05) is 37.1 Å². The van der Waals surface area contributed by atoms with E-state index in [2.05, 4.69) is 4.98 Å². The van der Waals surface area contributed by atoms with Crippen molar-refractivity contribution in [2.24, 2.45) is 0 Å². The number of hydrogen-bond donors (Lipinski definition) is 0. The number of pyridine rings is 1. The summed E-state index contributed by atoms with van der Waals surface area (Å²) in [7, 11) is 0. The highest BCUT2D eigenvalue weighted by atomic mass is 19.1. The van der Waals surface area contributed by atoms with E-state index in [1.54, 1.807) is 18.3 Å². The molecular weight excluding hydrogens is 270 g/mol. The molecule has 3 aromatic rings. The Labute approximate surface area is 121 Å². The molecule has 0 aliphatic heterocycles. The molecule has 0 radical (unpaired) electrons. The monoisotopic (exact) mass is 284 g/mol. The van der Waals surface area contributed by atoms with Crippen LogP contribution in [0, 0.1) is 11.6 Å². The zero-order chi connectivity index (χ0) is 14.7. The summed E-state index contributed by atoms with van der Waals surface area (Å²) >= 11 is 0. The lowest BCUT2D eigenvalue weighted by molar-refractivity contribution is 0.600. The van der Waals surface area contributed by atoms with Gasteiger partial charge >= 0.3 is 0 Å². The van der Waals surface area contributed by atoms with Crippen molar-refractivity contribution in [2.75, 3.05) is 0 Å². The van der Waals surface area contributed by atoms with Gasteiger partial charge < -0.3 is 4.57 Å². The van der Waals surface area contributed by atoms with E-state index in [1.165, 1.54) is 18.3 Å². The molecule has 2 nitrogen and oxygen atoms in total. The standard InChI is InChI=1S/C17H14F2N2/c18-16-8-14(9-20-10-16)7-13-5-6-21(11-13)12-15-3-1-2-4-17(15)19/h1-6,8-11H,7,12H2. The Morgan fingerprint density at radius 3 is 2.67 bits per heavy atom. The summed E-state index contributed by atoms with van der Waals surface area (Å²) in [6, 6.07) is 10.1. The van der Waals surface area contributed by atoms with Crippen LogP contribution in [0.25, 0.3) is 0 Å². The van der Waals surface area contributed by atoms with Crippen LogP contribution in [0.5, 0.6) is 0 Å². The van der Waals surface area contributed by atoms with Crippen molar-refractivity contribution in [3.05, 3.63) is 89.5 Å². The highest BCUT2D eigenvalue weighted by Gasteiger charge is 2.04. The second kappa shape index (κ2) is 5.87. The lowest BCUT2D eigenvalue weighted by Gasteiger charge is -2.04. The highest BCUT2D eigenvalue weighted by molar-refractivity contribution is 5.24. The molecule has 0 spiro atoms. The van der Waals surface area contributed by atoms with Crippen molar-refractivity contribution >= 4 is 0 Å². The Kier molecular flexibility index (Phi) is 3.77. The van der Waals surface area contributed by atoms with Gasteiger partial charge in [0.15, 0.2) is 0 Å². The maximum atomic E-state index is 13.6. The predicted molar refractivity (Wildman–Crippen MR) is 76.9 cm³/mol. The van der Waals surface area contributed by atoms with Crippen molar-refractivity contribution < 1.29 is 8.78 Å². The fourth-order valence-electron chi connectivity index (χ4n) is 2.31. The lowest BCUT2D eigenvalue weighted by Crippen LogP contribution is -1.99. The Bertz CT molecular complexity index is 750. The van der Waals surface area contributed by atoms with Gasteiger partial charge in [-0.3, -0.25) is 4.98 Å². The van der Waals surface area contributed by atoms with Gasteiger partial charge in [0.25, 0.3) is 0 Å². The summed E-state index contributed by atoms with van der Waals surface area (Å²) in [4.78, 5) is 3.84. The number of hydrogen-bond acceptors (Lipinski definition) is 1. The zero-order valence-electron chi connectivity index (χ0n) is 11.3. The molecule has 3 rings (SSSR count). The van der Waals surface area contributed by atoms with E-state index < -0.39 is 0 Å². The topological polar surface area (TPSA) is 17.8 Å². The van der Waals surface area contributed by atoms with Crippen LogP contribution in [0.3, 0.4) is 0 Å². The molecule has 0 N–H and O–H groups in total. The molecule has 0 saturated carbocycles. The number of benzene rings is 1. The maximum Gasteiger partial charge on any atom is 0.141 e. The number of aromatic nitrogens is 2. The molecule has 1 aromatic carbocycles. The van der Waals surface area contributed by atoms with Gasteiger partial charge in [-0.15, -0.1) is 0 Å². The molecule has 0 fully saturated rings. The third kappa shape index (κ3) is 3.34. The van der Waals surface area contributed by atoms with Gasteiger partial charge in [-0.1, -0.05) is 18.2 Å². The summed E-state index contributed by atoms with van der Waals surface area (Å²) in [6.45, 7) is 0.480. The van der Waals surface area contributed by atoms with E-state index in [1.807, 2.05) is 29.1 Å². The van der Waals surface area contributed by atoms with E-state index in [9.17, 15) is 8.78 Å². The minimum absolute atomic E-state index is 0.206. The van der Waals surface area contributed by atoms with Crippen LogP contribution in [0.2, 0.25) is 0 Å². The third-order valence-electron chi connectivity index (χ3n) is 3.29. The van der Waals surface area contributed by atoms with Gasteiger partial charge in [-0.25, -0.2) is 8.78 Å². The molecular formula is C17H14F2N2. The van der Waals surface area contributed by atoms with Crippen LogP contribution in [0.15, 0.2) is 61.2 Å². The zero-order valence-corrected chi connectivity index (χ0v) is 11.3. The van der Waals surface area contributed by atoms with Crippen LogP contribution in [0.1, 0.15) is 16.7 Å². The second-order valence-electron chi connectivity index (χ2n) is 4.97. The molecule has 0 atom stereocenters. The molecule has 4 heteroatoms. The first-order valence-corrected chi connectivity index (χ1v) is 6.68. The smallest absolute Gasteiger partial charge is 0.141 e. The number of nitrogens with zero attached hydrogens (tertiary/aromatic N) is 2.